The molecule has 0 amide bonds. The van der Waals surface area contributed by atoms with Gasteiger partial charge in [-0.2, -0.15) is 0 Å². The zero-order valence-corrected chi connectivity index (χ0v) is 11.0. The van der Waals surface area contributed by atoms with Crippen LogP contribution in [0.5, 0.6) is 0 Å². The monoisotopic (exact) mass is 274 g/mol. The van der Waals surface area contributed by atoms with E-state index in [0.717, 1.165) is 5.56 Å². The highest BCUT2D eigenvalue weighted by atomic mass is 16.2. The van der Waals surface area contributed by atoms with Gasteiger partial charge in [-0.05, 0) is 12.1 Å². The Kier molecular flexibility index (Phi) is 2.38. The van der Waals surface area contributed by atoms with E-state index in [1.54, 1.807) is 16.7 Å². The lowest BCUT2D eigenvalue weighted by molar-refractivity contribution is 0.0808. The van der Waals surface area contributed by atoms with E-state index < -0.39 is 11.6 Å². The summed E-state index contributed by atoms with van der Waals surface area (Å²) in [5.41, 5.74) is 2.34. The second-order valence-corrected chi connectivity index (χ2v) is 4.84. The van der Waals surface area contributed by atoms with Gasteiger partial charge in [-0.1, -0.05) is 42.5 Å². The SMILES string of the molecule is O=C1C(=O)c2cnc(-c3ccccc3)n2-c2ccccc21. The molecule has 0 unspecified atom stereocenters. The number of benzene rings is 2. The van der Waals surface area contributed by atoms with Gasteiger partial charge in [-0.15, -0.1) is 0 Å². The van der Waals surface area contributed by atoms with Gasteiger partial charge >= 0.3 is 0 Å². The van der Waals surface area contributed by atoms with Crippen molar-refractivity contribution in [1.82, 2.24) is 9.55 Å². The van der Waals surface area contributed by atoms with Crippen LogP contribution in [0.2, 0.25) is 0 Å². The van der Waals surface area contributed by atoms with Crippen molar-refractivity contribution in [3.8, 4) is 17.1 Å². The lowest BCUT2D eigenvalue weighted by Gasteiger charge is -2.18. The van der Waals surface area contributed by atoms with E-state index >= 15 is 0 Å². The predicted octanol–water partition coefficient (Wildman–Crippen LogP) is 2.92. The highest BCUT2D eigenvalue weighted by Crippen LogP contribution is 2.30. The average Bonchev–Trinajstić information content (AvgIpc) is 2.99. The Balaban J connectivity index is 2.05. The fraction of sp³-hybridized carbons (Fsp3) is 0. The number of hydrogen-bond acceptors (Lipinski definition) is 3. The number of imidazole rings is 1. The molecular formula is C17H10N2O2. The first-order valence-electron chi connectivity index (χ1n) is 6.59. The fourth-order valence-electron chi connectivity index (χ4n) is 2.65. The van der Waals surface area contributed by atoms with Crippen LogP contribution >= 0.6 is 0 Å². The summed E-state index contributed by atoms with van der Waals surface area (Å²) >= 11 is 0. The van der Waals surface area contributed by atoms with Crippen LogP contribution in [0.3, 0.4) is 0 Å². The maximum absolute atomic E-state index is 12.2. The molecule has 0 saturated carbocycles. The Morgan fingerprint density at radius 3 is 2.33 bits per heavy atom. The van der Waals surface area contributed by atoms with E-state index in [2.05, 4.69) is 4.98 Å². The molecule has 2 aromatic carbocycles. The number of carbonyl (C=O) groups excluding carboxylic acids is 2. The number of para-hydroxylation sites is 1. The summed E-state index contributed by atoms with van der Waals surface area (Å²) in [5, 5.41) is 0. The number of fused-ring (bicyclic) bond motifs is 3. The lowest BCUT2D eigenvalue weighted by Crippen LogP contribution is -2.25. The zero-order chi connectivity index (χ0) is 14.4. The molecule has 2 heterocycles. The molecular weight excluding hydrogens is 264 g/mol. The van der Waals surface area contributed by atoms with Gasteiger partial charge in [-0.3, -0.25) is 14.2 Å². The molecule has 0 saturated heterocycles. The van der Waals surface area contributed by atoms with Crippen molar-refractivity contribution < 1.29 is 9.59 Å². The molecule has 100 valence electrons. The maximum atomic E-state index is 12.2. The van der Waals surface area contributed by atoms with Gasteiger partial charge in [0.1, 0.15) is 11.5 Å². The molecule has 1 aliphatic heterocycles. The molecule has 0 radical (unpaired) electrons. The Hall–Kier alpha value is -3.01. The average molecular weight is 274 g/mol. The topological polar surface area (TPSA) is 52.0 Å². The summed E-state index contributed by atoms with van der Waals surface area (Å²) in [7, 11) is 0. The molecule has 1 aliphatic rings. The zero-order valence-electron chi connectivity index (χ0n) is 11.0. The van der Waals surface area contributed by atoms with Crippen LogP contribution in [-0.2, 0) is 0 Å². The normalized spacial score (nSPS) is 13.0. The summed E-state index contributed by atoms with van der Waals surface area (Å²) in [4.78, 5) is 28.7. The standard InChI is InChI=1S/C17H10N2O2/c20-15-12-8-4-5-9-13(12)19-14(16(15)21)10-18-17(19)11-6-2-1-3-7-11/h1-10H. The van der Waals surface area contributed by atoms with Gasteiger partial charge in [0.05, 0.1) is 17.4 Å². The second kappa shape index (κ2) is 4.24. The molecule has 3 aromatic rings. The summed E-state index contributed by atoms with van der Waals surface area (Å²) in [5.74, 6) is -0.320. The molecule has 0 N–H and O–H groups in total. The predicted molar refractivity (Wildman–Crippen MR) is 77.7 cm³/mol. The van der Waals surface area contributed by atoms with Crippen molar-refractivity contribution in [2.24, 2.45) is 0 Å². The highest BCUT2D eigenvalue weighted by molar-refractivity contribution is 6.50. The Morgan fingerprint density at radius 1 is 0.810 bits per heavy atom. The molecule has 4 heteroatoms. The number of Topliss-reactive ketones (excluding diaryl/α,β-unsaturated/α-hetero) is 2. The Bertz CT molecular complexity index is 879. The molecule has 0 atom stereocenters. The van der Waals surface area contributed by atoms with Crippen LogP contribution in [0.4, 0.5) is 0 Å². The van der Waals surface area contributed by atoms with Crippen molar-refractivity contribution in [3.63, 3.8) is 0 Å². The first-order chi connectivity index (χ1) is 10.3. The van der Waals surface area contributed by atoms with Crippen molar-refractivity contribution >= 4 is 11.6 Å². The Labute approximate surface area is 120 Å². The number of nitrogens with zero attached hydrogens (tertiary/aromatic N) is 2. The second-order valence-electron chi connectivity index (χ2n) is 4.84. The van der Waals surface area contributed by atoms with Crippen molar-refractivity contribution in [3.05, 3.63) is 72.1 Å². The third-order valence-corrected chi connectivity index (χ3v) is 3.62. The molecule has 0 aliphatic carbocycles. The molecule has 1 aromatic heterocycles. The Morgan fingerprint density at radius 2 is 1.52 bits per heavy atom. The van der Waals surface area contributed by atoms with Crippen LogP contribution < -0.4 is 0 Å². The smallest absolute Gasteiger partial charge is 0.251 e. The molecule has 0 bridgehead atoms. The first-order valence-corrected chi connectivity index (χ1v) is 6.59. The van der Waals surface area contributed by atoms with Crippen LogP contribution in [0.15, 0.2) is 60.8 Å². The molecule has 4 rings (SSSR count). The van der Waals surface area contributed by atoms with Gasteiger partial charge in [0.15, 0.2) is 0 Å². The quantitative estimate of drug-likeness (QED) is 0.641. The van der Waals surface area contributed by atoms with E-state index in [1.165, 1.54) is 6.20 Å². The minimum atomic E-state index is -0.511. The van der Waals surface area contributed by atoms with E-state index in [1.807, 2.05) is 42.5 Å². The largest absolute Gasteiger partial charge is 0.288 e. The number of carbonyl (C=O) groups is 2. The summed E-state index contributed by atoms with van der Waals surface area (Å²) < 4.78 is 1.76. The molecule has 4 nitrogen and oxygen atoms in total. The van der Waals surface area contributed by atoms with Gasteiger partial charge < -0.3 is 0 Å². The lowest BCUT2D eigenvalue weighted by atomic mass is 9.99. The summed E-state index contributed by atoms with van der Waals surface area (Å²) in [6.45, 7) is 0. The van der Waals surface area contributed by atoms with Crippen LogP contribution in [0.25, 0.3) is 17.1 Å². The van der Waals surface area contributed by atoms with Crippen molar-refractivity contribution in [2.45, 2.75) is 0 Å². The van der Waals surface area contributed by atoms with Crippen LogP contribution in [0, 0.1) is 0 Å². The van der Waals surface area contributed by atoms with Crippen molar-refractivity contribution in [2.75, 3.05) is 0 Å². The summed E-state index contributed by atoms with van der Waals surface area (Å²) in [6, 6.07) is 16.7. The van der Waals surface area contributed by atoms with E-state index in [0.29, 0.717) is 22.8 Å². The van der Waals surface area contributed by atoms with Gasteiger partial charge in [0.2, 0.25) is 5.78 Å². The van der Waals surface area contributed by atoms with Crippen LogP contribution in [0.1, 0.15) is 20.8 Å². The van der Waals surface area contributed by atoms with Gasteiger partial charge in [-0.25, -0.2) is 4.98 Å². The molecule has 0 fully saturated rings. The van der Waals surface area contributed by atoms with Gasteiger partial charge in [0, 0.05) is 5.56 Å². The third kappa shape index (κ3) is 1.59. The van der Waals surface area contributed by atoms with E-state index in [9.17, 15) is 9.59 Å². The fourth-order valence-corrected chi connectivity index (χ4v) is 2.65. The summed E-state index contributed by atoms with van der Waals surface area (Å²) in [6.07, 6.45) is 1.47. The minimum absolute atomic E-state index is 0.317. The van der Waals surface area contributed by atoms with Crippen molar-refractivity contribution in [1.29, 1.82) is 0 Å². The molecule has 21 heavy (non-hydrogen) atoms. The third-order valence-electron chi connectivity index (χ3n) is 3.62. The maximum Gasteiger partial charge on any atom is 0.251 e. The van der Waals surface area contributed by atoms with Crippen LogP contribution in [-0.4, -0.2) is 21.1 Å². The number of aromatic nitrogens is 2. The first kappa shape index (κ1) is 11.8. The number of rotatable bonds is 1. The number of hydrogen-bond donors (Lipinski definition) is 0. The highest BCUT2D eigenvalue weighted by Gasteiger charge is 2.32. The molecule has 0 spiro atoms. The van der Waals surface area contributed by atoms with E-state index in [-0.39, 0.29) is 0 Å². The minimum Gasteiger partial charge on any atom is -0.288 e. The van der Waals surface area contributed by atoms with E-state index in [4.69, 9.17) is 0 Å². The number of ketones is 2. The van der Waals surface area contributed by atoms with Gasteiger partial charge in [0.25, 0.3) is 5.78 Å².